The molecule has 1 aromatic rings. The van der Waals surface area contributed by atoms with E-state index in [0.29, 0.717) is 13.1 Å². The Bertz CT molecular complexity index is 394. The quantitative estimate of drug-likeness (QED) is 0.708. The van der Waals surface area contributed by atoms with E-state index in [1.807, 2.05) is 0 Å². The molecule has 0 atom stereocenters. The van der Waals surface area contributed by atoms with Crippen LogP contribution in [0.2, 0.25) is 0 Å². The highest BCUT2D eigenvalue weighted by molar-refractivity contribution is 5.53. The summed E-state index contributed by atoms with van der Waals surface area (Å²) in [5.41, 5.74) is 0.0273. The Balaban J connectivity index is 2.43. The minimum absolute atomic E-state index is 0.00602. The number of hydrogen-bond acceptors (Lipinski definition) is 2. The predicted molar refractivity (Wildman–Crippen MR) is 52.5 cm³/mol. The van der Waals surface area contributed by atoms with E-state index in [1.54, 1.807) is 11.0 Å². The molecule has 0 amide bonds. The number of halogens is 2. The first kappa shape index (κ1) is 9.91. The molecule has 4 heteroatoms. The Hall–Kier alpha value is -1.63. The second-order valence-corrected chi connectivity index (χ2v) is 3.59. The van der Waals surface area contributed by atoms with Gasteiger partial charge in [-0.3, -0.25) is 0 Å². The number of nitriles is 1. The Labute approximate surface area is 86.7 Å². The van der Waals surface area contributed by atoms with E-state index < -0.39 is 11.6 Å². The van der Waals surface area contributed by atoms with Crippen LogP contribution in [0.25, 0.3) is 0 Å². The first-order valence-electron chi connectivity index (χ1n) is 4.86. The first-order valence-corrected chi connectivity index (χ1v) is 4.86. The van der Waals surface area contributed by atoms with Gasteiger partial charge in [0.05, 0.1) is 11.6 Å². The number of nitrogens with zero attached hydrogens (tertiary/aromatic N) is 2. The molecule has 1 fully saturated rings. The van der Waals surface area contributed by atoms with Crippen molar-refractivity contribution in [2.75, 3.05) is 18.0 Å². The lowest BCUT2D eigenvalue weighted by molar-refractivity contribution is 0.577. The van der Waals surface area contributed by atoms with Crippen molar-refractivity contribution >= 4 is 5.69 Å². The van der Waals surface area contributed by atoms with Crippen molar-refractivity contribution in [2.24, 2.45) is 0 Å². The van der Waals surface area contributed by atoms with Crippen LogP contribution in [0.1, 0.15) is 18.4 Å². The van der Waals surface area contributed by atoms with E-state index >= 15 is 0 Å². The summed E-state index contributed by atoms with van der Waals surface area (Å²) in [7, 11) is 0. The number of rotatable bonds is 1. The SMILES string of the molecule is N#Cc1cc(F)c(N2CCCC2)c(F)c1. The Kier molecular flexibility index (Phi) is 2.55. The third kappa shape index (κ3) is 1.78. The van der Waals surface area contributed by atoms with Crippen molar-refractivity contribution in [2.45, 2.75) is 12.8 Å². The zero-order valence-electron chi connectivity index (χ0n) is 8.13. The maximum absolute atomic E-state index is 13.5. The normalized spacial score (nSPS) is 15.4. The highest BCUT2D eigenvalue weighted by atomic mass is 19.1. The van der Waals surface area contributed by atoms with Crippen LogP contribution in [-0.4, -0.2) is 13.1 Å². The van der Waals surface area contributed by atoms with Gasteiger partial charge in [0, 0.05) is 13.1 Å². The summed E-state index contributed by atoms with van der Waals surface area (Å²) in [6, 6.07) is 3.89. The van der Waals surface area contributed by atoms with E-state index in [9.17, 15) is 8.78 Å². The lowest BCUT2D eigenvalue weighted by Crippen LogP contribution is -2.20. The largest absolute Gasteiger partial charge is 0.367 e. The summed E-state index contributed by atoms with van der Waals surface area (Å²) in [5, 5.41) is 8.55. The smallest absolute Gasteiger partial charge is 0.150 e. The Morgan fingerprint density at radius 1 is 1.13 bits per heavy atom. The van der Waals surface area contributed by atoms with Crippen LogP contribution >= 0.6 is 0 Å². The second-order valence-electron chi connectivity index (χ2n) is 3.59. The fraction of sp³-hybridized carbons (Fsp3) is 0.364. The maximum Gasteiger partial charge on any atom is 0.150 e. The minimum Gasteiger partial charge on any atom is -0.367 e. The highest BCUT2D eigenvalue weighted by Crippen LogP contribution is 2.27. The average molecular weight is 208 g/mol. The monoisotopic (exact) mass is 208 g/mol. The van der Waals surface area contributed by atoms with Crippen molar-refractivity contribution in [1.82, 2.24) is 0 Å². The molecular weight excluding hydrogens is 198 g/mol. The fourth-order valence-corrected chi connectivity index (χ4v) is 1.87. The second kappa shape index (κ2) is 3.85. The molecule has 0 radical (unpaired) electrons. The van der Waals surface area contributed by atoms with Crippen molar-refractivity contribution < 1.29 is 8.78 Å². The molecule has 78 valence electrons. The van der Waals surface area contributed by atoms with Crippen molar-refractivity contribution in [1.29, 1.82) is 5.26 Å². The molecular formula is C11H10F2N2. The molecule has 0 saturated carbocycles. The maximum atomic E-state index is 13.5. The lowest BCUT2D eigenvalue weighted by Gasteiger charge is -2.18. The van der Waals surface area contributed by atoms with E-state index in [4.69, 9.17) is 5.26 Å². The summed E-state index contributed by atoms with van der Waals surface area (Å²) >= 11 is 0. The van der Waals surface area contributed by atoms with E-state index in [-0.39, 0.29) is 11.3 Å². The summed E-state index contributed by atoms with van der Waals surface area (Å²) in [6.45, 7) is 1.36. The van der Waals surface area contributed by atoms with Gasteiger partial charge in [0.1, 0.15) is 5.69 Å². The van der Waals surface area contributed by atoms with Gasteiger partial charge < -0.3 is 4.90 Å². The van der Waals surface area contributed by atoms with Gasteiger partial charge in [0.15, 0.2) is 11.6 Å². The van der Waals surface area contributed by atoms with Gasteiger partial charge in [0.2, 0.25) is 0 Å². The van der Waals surface area contributed by atoms with Gasteiger partial charge in [0.25, 0.3) is 0 Å². The van der Waals surface area contributed by atoms with Crippen LogP contribution in [0.4, 0.5) is 14.5 Å². The molecule has 1 aliphatic rings. The molecule has 2 nitrogen and oxygen atoms in total. The van der Waals surface area contributed by atoms with E-state index in [0.717, 1.165) is 25.0 Å². The van der Waals surface area contributed by atoms with Crippen LogP contribution in [0.3, 0.4) is 0 Å². The van der Waals surface area contributed by atoms with Gasteiger partial charge in [-0.1, -0.05) is 0 Å². The third-order valence-corrected chi connectivity index (χ3v) is 2.57. The van der Waals surface area contributed by atoms with Crippen LogP contribution < -0.4 is 4.90 Å². The summed E-state index contributed by atoms with van der Waals surface area (Å²) < 4.78 is 27.0. The lowest BCUT2D eigenvalue weighted by atomic mass is 10.2. The average Bonchev–Trinajstić information content (AvgIpc) is 2.69. The molecule has 1 saturated heterocycles. The Morgan fingerprint density at radius 3 is 2.13 bits per heavy atom. The first-order chi connectivity index (χ1) is 7.22. The topological polar surface area (TPSA) is 27.0 Å². The number of benzene rings is 1. The minimum atomic E-state index is -0.645. The van der Waals surface area contributed by atoms with Gasteiger partial charge in [-0.15, -0.1) is 0 Å². The molecule has 0 aliphatic carbocycles. The molecule has 0 bridgehead atoms. The molecule has 15 heavy (non-hydrogen) atoms. The van der Waals surface area contributed by atoms with Crippen LogP contribution in [0, 0.1) is 23.0 Å². The standard InChI is InChI=1S/C11H10F2N2/c12-9-5-8(7-14)6-10(13)11(9)15-3-1-2-4-15/h5-6H,1-4H2. The van der Waals surface area contributed by atoms with Crippen molar-refractivity contribution in [3.63, 3.8) is 0 Å². The molecule has 2 rings (SSSR count). The van der Waals surface area contributed by atoms with Crippen molar-refractivity contribution in [3.05, 3.63) is 29.3 Å². The molecule has 0 N–H and O–H groups in total. The Morgan fingerprint density at radius 2 is 1.67 bits per heavy atom. The van der Waals surface area contributed by atoms with Crippen LogP contribution in [-0.2, 0) is 0 Å². The molecule has 0 unspecified atom stereocenters. The zero-order valence-corrected chi connectivity index (χ0v) is 8.13. The van der Waals surface area contributed by atoms with Gasteiger partial charge >= 0.3 is 0 Å². The summed E-state index contributed by atoms with van der Waals surface area (Å²) in [5.74, 6) is -1.29. The number of hydrogen-bond donors (Lipinski definition) is 0. The third-order valence-electron chi connectivity index (χ3n) is 2.57. The van der Waals surface area contributed by atoms with Crippen LogP contribution in [0.15, 0.2) is 12.1 Å². The molecule has 1 aromatic carbocycles. The molecule has 0 aromatic heterocycles. The molecule has 0 spiro atoms. The molecule has 1 heterocycles. The van der Waals surface area contributed by atoms with E-state index in [1.165, 1.54) is 0 Å². The predicted octanol–water partition coefficient (Wildman–Crippen LogP) is 2.44. The zero-order chi connectivity index (χ0) is 10.8. The van der Waals surface area contributed by atoms with Gasteiger partial charge in [-0.2, -0.15) is 5.26 Å². The molecule has 1 aliphatic heterocycles. The summed E-state index contributed by atoms with van der Waals surface area (Å²) in [6.07, 6.45) is 1.91. The highest BCUT2D eigenvalue weighted by Gasteiger charge is 2.20. The fourth-order valence-electron chi connectivity index (χ4n) is 1.87. The van der Waals surface area contributed by atoms with Gasteiger partial charge in [-0.25, -0.2) is 8.78 Å². The van der Waals surface area contributed by atoms with Crippen LogP contribution in [0.5, 0.6) is 0 Å². The van der Waals surface area contributed by atoms with E-state index in [2.05, 4.69) is 0 Å². The van der Waals surface area contributed by atoms with Gasteiger partial charge in [-0.05, 0) is 25.0 Å². The number of anilines is 1. The summed E-state index contributed by atoms with van der Waals surface area (Å²) in [4.78, 5) is 1.69. The van der Waals surface area contributed by atoms with Crippen molar-refractivity contribution in [3.8, 4) is 6.07 Å².